The molecule has 0 aliphatic rings. The number of aryl methyl sites for hydroxylation is 2. The number of hydrogen-bond acceptors (Lipinski definition) is 3. The SMILES string of the molecule is Cc1cc(S(=O)(=O)N[C@@H](C)C(=O)O)cc(C)c1F. The quantitative estimate of drug-likeness (QED) is 0.864. The number of aliphatic carboxylic acids is 1. The molecular weight excluding hydrogens is 261 g/mol. The molecule has 0 unspecified atom stereocenters. The normalized spacial score (nSPS) is 13.3. The van der Waals surface area contributed by atoms with Crippen molar-refractivity contribution in [1.82, 2.24) is 4.72 Å². The summed E-state index contributed by atoms with van der Waals surface area (Å²) in [5.74, 6) is -1.76. The number of sulfonamides is 1. The maximum Gasteiger partial charge on any atom is 0.321 e. The van der Waals surface area contributed by atoms with E-state index in [0.29, 0.717) is 0 Å². The molecule has 0 aliphatic carbocycles. The number of carboxylic acids is 1. The average Bonchev–Trinajstić information content (AvgIpc) is 2.24. The highest BCUT2D eigenvalue weighted by Crippen LogP contribution is 2.18. The fraction of sp³-hybridized carbons (Fsp3) is 0.364. The molecule has 18 heavy (non-hydrogen) atoms. The molecule has 0 radical (unpaired) electrons. The van der Waals surface area contributed by atoms with Crippen LogP contribution in [-0.2, 0) is 14.8 Å². The molecule has 0 heterocycles. The summed E-state index contributed by atoms with van der Waals surface area (Å²) < 4.78 is 39.1. The molecule has 0 fully saturated rings. The standard InChI is InChI=1S/C11H14FNO4S/c1-6-4-9(5-7(2)10(6)12)18(16,17)13-8(3)11(14)15/h4-5,8,13H,1-3H3,(H,14,15)/t8-/m0/s1. The molecule has 1 rings (SSSR count). The van der Waals surface area contributed by atoms with E-state index in [4.69, 9.17) is 5.11 Å². The van der Waals surface area contributed by atoms with Crippen molar-refractivity contribution in [2.75, 3.05) is 0 Å². The van der Waals surface area contributed by atoms with Crippen LogP contribution in [0.2, 0.25) is 0 Å². The van der Waals surface area contributed by atoms with Crippen LogP contribution in [0.25, 0.3) is 0 Å². The summed E-state index contributed by atoms with van der Waals surface area (Å²) in [5.41, 5.74) is 0.386. The van der Waals surface area contributed by atoms with Crippen LogP contribution in [0.1, 0.15) is 18.1 Å². The van der Waals surface area contributed by atoms with E-state index < -0.39 is 27.9 Å². The van der Waals surface area contributed by atoms with Gasteiger partial charge in [0.1, 0.15) is 11.9 Å². The van der Waals surface area contributed by atoms with Gasteiger partial charge in [-0.05, 0) is 44.0 Å². The summed E-state index contributed by atoms with van der Waals surface area (Å²) in [6.07, 6.45) is 0. The Morgan fingerprint density at radius 2 is 1.78 bits per heavy atom. The summed E-state index contributed by atoms with van der Waals surface area (Å²) in [4.78, 5) is 10.5. The molecule has 100 valence electrons. The maximum atomic E-state index is 13.4. The Morgan fingerprint density at radius 1 is 1.33 bits per heavy atom. The molecule has 0 saturated carbocycles. The lowest BCUT2D eigenvalue weighted by atomic mass is 10.1. The van der Waals surface area contributed by atoms with E-state index >= 15 is 0 Å². The van der Waals surface area contributed by atoms with Gasteiger partial charge in [-0.3, -0.25) is 4.79 Å². The van der Waals surface area contributed by atoms with Gasteiger partial charge in [-0.25, -0.2) is 12.8 Å². The van der Waals surface area contributed by atoms with E-state index in [1.165, 1.54) is 32.9 Å². The van der Waals surface area contributed by atoms with Crippen molar-refractivity contribution >= 4 is 16.0 Å². The number of halogens is 1. The van der Waals surface area contributed by atoms with Gasteiger partial charge in [0.05, 0.1) is 4.90 Å². The molecule has 5 nitrogen and oxygen atoms in total. The zero-order valence-electron chi connectivity index (χ0n) is 10.2. The molecule has 7 heteroatoms. The molecule has 1 aromatic carbocycles. The third kappa shape index (κ3) is 3.05. The summed E-state index contributed by atoms with van der Waals surface area (Å²) >= 11 is 0. The van der Waals surface area contributed by atoms with Gasteiger partial charge < -0.3 is 5.11 Å². The Kier molecular flexibility index (Phi) is 4.08. The fourth-order valence-electron chi connectivity index (χ4n) is 1.41. The van der Waals surface area contributed by atoms with Gasteiger partial charge in [0.25, 0.3) is 0 Å². The molecule has 0 aromatic heterocycles. The van der Waals surface area contributed by atoms with Gasteiger partial charge in [0.15, 0.2) is 0 Å². The van der Waals surface area contributed by atoms with Gasteiger partial charge in [-0.1, -0.05) is 0 Å². The van der Waals surface area contributed by atoms with Crippen LogP contribution in [0.15, 0.2) is 17.0 Å². The predicted molar refractivity (Wildman–Crippen MR) is 63.3 cm³/mol. The van der Waals surface area contributed by atoms with Crippen LogP contribution in [0.3, 0.4) is 0 Å². The summed E-state index contributed by atoms with van der Waals surface area (Å²) in [6.45, 7) is 4.10. The zero-order valence-corrected chi connectivity index (χ0v) is 11.0. The summed E-state index contributed by atoms with van der Waals surface area (Å²) in [6, 6.07) is 1.08. The molecule has 1 aromatic rings. The van der Waals surface area contributed by atoms with Crippen molar-refractivity contribution in [3.63, 3.8) is 0 Å². The smallest absolute Gasteiger partial charge is 0.321 e. The van der Waals surface area contributed by atoms with E-state index in [1.807, 2.05) is 4.72 Å². The zero-order chi connectivity index (χ0) is 14.1. The average molecular weight is 275 g/mol. The van der Waals surface area contributed by atoms with Crippen molar-refractivity contribution in [3.05, 3.63) is 29.1 Å². The van der Waals surface area contributed by atoms with Crippen LogP contribution in [0.5, 0.6) is 0 Å². The fourth-order valence-corrected chi connectivity index (χ4v) is 2.78. The Hall–Kier alpha value is -1.47. The topological polar surface area (TPSA) is 83.5 Å². The number of carbonyl (C=O) groups is 1. The minimum Gasteiger partial charge on any atom is -0.480 e. The Bertz CT molecular complexity index is 560. The minimum atomic E-state index is -3.96. The van der Waals surface area contributed by atoms with Crippen molar-refractivity contribution in [3.8, 4) is 0 Å². The van der Waals surface area contributed by atoms with Crippen LogP contribution in [0.4, 0.5) is 4.39 Å². The molecule has 0 bridgehead atoms. The van der Waals surface area contributed by atoms with Crippen molar-refractivity contribution in [2.45, 2.75) is 31.7 Å². The Morgan fingerprint density at radius 3 is 2.17 bits per heavy atom. The monoisotopic (exact) mass is 275 g/mol. The number of nitrogens with one attached hydrogen (secondary N) is 1. The van der Waals surface area contributed by atoms with E-state index in [9.17, 15) is 17.6 Å². The van der Waals surface area contributed by atoms with Gasteiger partial charge in [-0.15, -0.1) is 0 Å². The summed E-state index contributed by atoms with van der Waals surface area (Å²) in [7, 11) is -3.96. The number of benzene rings is 1. The maximum absolute atomic E-state index is 13.4. The molecular formula is C11H14FNO4S. The van der Waals surface area contributed by atoms with E-state index in [2.05, 4.69) is 0 Å². The van der Waals surface area contributed by atoms with Crippen molar-refractivity contribution in [1.29, 1.82) is 0 Å². The van der Waals surface area contributed by atoms with Gasteiger partial charge in [0.2, 0.25) is 10.0 Å². The summed E-state index contributed by atoms with van der Waals surface area (Å²) in [5, 5.41) is 8.66. The largest absolute Gasteiger partial charge is 0.480 e. The lowest BCUT2D eigenvalue weighted by Crippen LogP contribution is -2.38. The third-order valence-electron chi connectivity index (χ3n) is 2.42. The lowest BCUT2D eigenvalue weighted by molar-refractivity contribution is -0.138. The Balaban J connectivity index is 3.18. The first-order chi connectivity index (χ1) is 8.15. The number of carboxylic acid groups (broad SMARTS) is 1. The first kappa shape index (κ1) is 14.6. The molecule has 0 spiro atoms. The molecule has 0 saturated heterocycles. The minimum absolute atomic E-state index is 0.146. The van der Waals surface area contributed by atoms with Crippen molar-refractivity contribution in [2.24, 2.45) is 0 Å². The van der Waals surface area contributed by atoms with E-state index in [0.717, 1.165) is 0 Å². The first-order valence-corrected chi connectivity index (χ1v) is 6.65. The highest BCUT2D eigenvalue weighted by molar-refractivity contribution is 7.89. The molecule has 0 aliphatic heterocycles. The predicted octanol–water partition coefficient (Wildman–Crippen LogP) is 1.19. The third-order valence-corrected chi connectivity index (χ3v) is 3.94. The van der Waals surface area contributed by atoms with Gasteiger partial charge >= 0.3 is 5.97 Å². The Labute approximate surface area is 105 Å². The lowest BCUT2D eigenvalue weighted by Gasteiger charge is -2.12. The van der Waals surface area contributed by atoms with Gasteiger partial charge in [-0.2, -0.15) is 4.72 Å². The van der Waals surface area contributed by atoms with Crippen LogP contribution in [-0.4, -0.2) is 25.5 Å². The highest BCUT2D eigenvalue weighted by atomic mass is 32.2. The highest BCUT2D eigenvalue weighted by Gasteiger charge is 2.22. The number of rotatable bonds is 4. The molecule has 2 N–H and O–H groups in total. The first-order valence-electron chi connectivity index (χ1n) is 5.17. The molecule has 1 atom stereocenters. The van der Waals surface area contributed by atoms with Gasteiger partial charge in [0, 0.05) is 0 Å². The number of hydrogen-bond donors (Lipinski definition) is 2. The van der Waals surface area contributed by atoms with E-state index in [-0.39, 0.29) is 16.0 Å². The van der Waals surface area contributed by atoms with Crippen molar-refractivity contribution < 1.29 is 22.7 Å². The van der Waals surface area contributed by atoms with Crippen LogP contribution >= 0.6 is 0 Å². The van der Waals surface area contributed by atoms with Crippen LogP contribution < -0.4 is 4.72 Å². The second-order valence-corrected chi connectivity index (χ2v) is 5.77. The second kappa shape index (κ2) is 5.03. The molecule has 0 amide bonds. The second-order valence-electron chi connectivity index (χ2n) is 4.05. The van der Waals surface area contributed by atoms with E-state index in [1.54, 1.807) is 0 Å². The van der Waals surface area contributed by atoms with Crippen LogP contribution in [0, 0.1) is 19.7 Å².